The number of ether oxygens (including phenoxy) is 2. The van der Waals surface area contributed by atoms with E-state index in [0.29, 0.717) is 11.5 Å². The second-order valence-electron chi connectivity index (χ2n) is 4.96. The molecule has 3 rings (SSSR count). The third-order valence-corrected chi connectivity index (χ3v) is 3.39. The Morgan fingerprint density at radius 1 is 1.04 bits per heavy atom. The van der Waals surface area contributed by atoms with Crippen molar-refractivity contribution in [2.24, 2.45) is 0 Å². The third-order valence-electron chi connectivity index (χ3n) is 3.39. The molecule has 0 aliphatic heterocycles. The number of hydrogen-bond donors (Lipinski definition) is 1. The second kappa shape index (κ2) is 6.08. The molecule has 0 bridgehead atoms. The fourth-order valence-electron chi connectivity index (χ4n) is 2.34. The molecule has 3 aromatic rings. The summed E-state index contributed by atoms with van der Waals surface area (Å²) in [5, 5.41) is 6.78. The van der Waals surface area contributed by atoms with Crippen LogP contribution in [0, 0.1) is 18.6 Å². The molecule has 0 fully saturated rings. The van der Waals surface area contributed by atoms with Gasteiger partial charge >= 0.3 is 0 Å². The number of nitrogens with zero attached hydrogens (tertiary/aromatic N) is 1. The lowest BCUT2D eigenvalue weighted by atomic mass is 10.0. The number of rotatable bonds is 4. The van der Waals surface area contributed by atoms with E-state index in [2.05, 4.69) is 10.2 Å². The fourth-order valence-corrected chi connectivity index (χ4v) is 2.34. The summed E-state index contributed by atoms with van der Waals surface area (Å²) < 4.78 is 37.8. The molecule has 0 aliphatic carbocycles. The highest BCUT2D eigenvalue weighted by molar-refractivity contribution is 5.72. The van der Waals surface area contributed by atoms with Crippen LogP contribution in [-0.2, 0) is 0 Å². The maximum atomic E-state index is 13.9. The minimum atomic E-state index is -0.777. The van der Waals surface area contributed by atoms with Crippen molar-refractivity contribution in [3.63, 3.8) is 0 Å². The van der Waals surface area contributed by atoms with Crippen molar-refractivity contribution in [1.82, 2.24) is 10.2 Å². The van der Waals surface area contributed by atoms with E-state index in [1.807, 2.05) is 13.0 Å². The molecule has 4 nitrogen and oxygen atoms in total. The van der Waals surface area contributed by atoms with Gasteiger partial charge in [-0.05, 0) is 36.8 Å². The molecule has 6 heteroatoms. The predicted octanol–water partition coefficient (Wildman–Crippen LogP) is 4.46. The second-order valence-corrected chi connectivity index (χ2v) is 4.96. The molecule has 0 saturated heterocycles. The van der Waals surface area contributed by atoms with Crippen molar-refractivity contribution < 1.29 is 18.3 Å². The molecule has 118 valence electrons. The zero-order chi connectivity index (χ0) is 16.4. The quantitative estimate of drug-likeness (QED) is 0.773. The lowest BCUT2D eigenvalue weighted by molar-refractivity contribution is 0.404. The number of aryl methyl sites for hydroxylation is 1. The molecule has 0 unspecified atom stereocenters. The summed E-state index contributed by atoms with van der Waals surface area (Å²) >= 11 is 0. The van der Waals surface area contributed by atoms with Gasteiger partial charge in [-0.25, -0.2) is 8.78 Å². The minimum absolute atomic E-state index is 0.0696. The minimum Gasteiger partial charge on any atom is -0.497 e. The summed E-state index contributed by atoms with van der Waals surface area (Å²) in [5.74, 6) is -0.550. The third kappa shape index (κ3) is 3.01. The van der Waals surface area contributed by atoms with Crippen molar-refractivity contribution >= 4 is 0 Å². The lowest BCUT2D eigenvalue weighted by Gasteiger charge is -2.15. The number of benzene rings is 2. The number of nitrogens with one attached hydrogen (secondary N) is 1. The Morgan fingerprint density at radius 3 is 2.52 bits per heavy atom. The maximum Gasteiger partial charge on any atom is 0.168 e. The average Bonchev–Trinajstić information content (AvgIpc) is 3.03. The van der Waals surface area contributed by atoms with Gasteiger partial charge in [0.15, 0.2) is 11.6 Å². The topological polar surface area (TPSA) is 47.1 Å². The van der Waals surface area contributed by atoms with Gasteiger partial charge in [0.25, 0.3) is 0 Å². The van der Waals surface area contributed by atoms with Gasteiger partial charge in [0.2, 0.25) is 0 Å². The van der Waals surface area contributed by atoms with Crippen molar-refractivity contribution in [2.45, 2.75) is 6.92 Å². The van der Waals surface area contributed by atoms with E-state index in [1.165, 1.54) is 13.2 Å². The summed E-state index contributed by atoms with van der Waals surface area (Å²) in [4.78, 5) is 0. The van der Waals surface area contributed by atoms with Crippen LogP contribution in [0.2, 0.25) is 0 Å². The Hall–Kier alpha value is -2.89. The van der Waals surface area contributed by atoms with E-state index in [-0.39, 0.29) is 5.75 Å². The number of hydrogen-bond acceptors (Lipinski definition) is 3. The molecule has 0 radical (unpaired) electrons. The van der Waals surface area contributed by atoms with Gasteiger partial charge in [-0.1, -0.05) is 0 Å². The maximum absolute atomic E-state index is 13.9. The first-order valence-electron chi connectivity index (χ1n) is 6.90. The van der Waals surface area contributed by atoms with Crippen LogP contribution in [0.3, 0.4) is 0 Å². The van der Waals surface area contributed by atoms with Crippen LogP contribution in [0.15, 0.2) is 42.6 Å². The van der Waals surface area contributed by atoms with E-state index < -0.39 is 11.6 Å². The highest BCUT2D eigenvalue weighted by Crippen LogP contribution is 2.38. The molecular weight excluding hydrogens is 302 g/mol. The molecule has 0 atom stereocenters. The zero-order valence-electron chi connectivity index (χ0n) is 12.6. The number of aromatic amines is 1. The molecule has 2 aromatic carbocycles. The first-order valence-corrected chi connectivity index (χ1v) is 6.90. The molecule has 0 spiro atoms. The van der Waals surface area contributed by atoms with Gasteiger partial charge in [-0.2, -0.15) is 5.10 Å². The summed E-state index contributed by atoms with van der Waals surface area (Å²) in [5.41, 5.74) is 2.32. The van der Waals surface area contributed by atoms with Crippen LogP contribution >= 0.6 is 0 Å². The predicted molar refractivity (Wildman–Crippen MR) is 81.7 cm³/mol. The fraction of sp³-hybridized carbons (Fsp3) is 0.118. The molecule has 0 saturated carbocycles. The number of halogens is 2. The van der Waals surface area contributed by atoms with Crippen LogP contribution in [0.25, 0.3) is 11.3 Å². The summed E-state index contributed by atoms with van der Waals surface area (Å²) in [6.45, 7) is 1.88. The Bertz CT molecular complexity index is 833. The Labute approximate surface area is 131 Å². The average molecular weight is 316 g/mol. The Morgan fingerprint density at radius 2 is 1.87 bits per heavy atom. The van der Waals surface area contributed by atoms with Gasteiger partial charge in [0.1, 0.15) is 17.3 Å². The van der Waals surface area contributed by atoms with Crippen LogP contribution in [0.1, 0.15) is 5.56 Å². The van der Waals surface area contributed by atoms with E-state index >= 15 is 0 Å². The largest absolute Gasteiger partial charge is 0.497 e. The van der Waals surface area contributed by atoms with Crippen LogP contribution < -0.4 is 9.47 Å². The van der Waals surface area contributed by atoms with E-state index in [0.717, 1.165) is 29.0 Å². The Kier molecular flexibility index (Phi) is 3.97. The van der Waals surface area contributed by atoms with E-state index in [9.17, 15) is 8.78 Å². The van der Waals surface area contributed by atoms with Crippen molar-refractivity contribution in [1.29, 1.82) is 0 Å². The molecule has 0 aliphatic rings. The molecule has 1 N–H and O–H groups in total. The van der Waals surface area contributed by atoms with Gasteiger partial charge in [0.05, 0.1) is 12.8 Å². The standard InChI is InChI=1S/C17H14F2N2O2/c1-10-7-12(22-2)9-16(17(10)14-5-6-20-21-14)23-15-4-3-11(18)8-13(15)19/h3-9H,1-2H3,(H,20,21). The van der Waals surface area contributed by atoms with E-state index in [1.54, 1.807) is 18.3 Å². The smallest absolute Gasteiger partial charge is 0.168 e. The van der Waals surface area contributed by atoms with Gasteiger partial charge in [-0.3, -0.25) is 5.10 Å². The molecule has 1 heterocycles. The molecule has 0 amide bonds. The SMILES string of the molecule is COc1cc(C)c(-c2ccn[nH]2)c(Oc2ccc(F)cc2F)c1. The van der Waals surface area contributed by atoms with Gasteiger partial charge in [0, 0.05) is 23.9 Å². The Balaban J connectivity index is 2.11. The van der Waals surface area contributed by atoms with E-state index in [4.69, 9.17) is 9.47 Å². The van der Waals surface area contributed by atoms with Gasteiger partial charge in [-0.15, -0.1) is 0 Å². The monoisotopic (exact) mass is 316 g/mol. The number of aromatic nitrogens is 2. The zero-order valence-corrected chi connectivity index (χ0v) is 12.6. The summed E-state index contributed by atoms with van der Waals surface area (Å²) in [7, 11) is 1.53. The first-order chi connectivity index (χ1) is 11.1. The molecule has 23 heavy (non-hydrogen) atoms. The first kappa shape index (κ1) is 15.0. The lowest BCUT2D eigenvalue weighted by Crippen LogP contribution is -1.96. The van der Waals surface area contributed by atoms with Crippen molar-refractivity contribution in [3.8, 4) is 28.5 Å². The number of H-pyrrole nitrogens is 1. The van der Waals surface area contributed by atoms with Crippen LogP contribution in [0.5, 0.6) is 17.2 Å². The molecular formula is C17H14F2N2O2. The normalized spacial score (nSPS) is 10.6. The highest BCUT2D eigenvalue weighted by atomic mass is 19.1. The van der Waals surface area contributed by atoms with Crippen molar-refractivity contribution in [2.75, 3.05) is 7.11 Å². The van der Waals surface area contributed by atoms with Crippen LogP contribution in [0.4, 0.5) is 8.78 Å². The summed E-state index contributed by atoms with van der Waals surface area (Å²) in [6.07, 6.45) is 1.61. The van der Waals surface area contributed by atoms with Crippen LogP contribution in [-0.4, -0.2) is 17.3 Å². The molecule has 1 aromatic heterocycles. The highest BCUT2D eigenvalue weighted by Gasteiger charge is 2.16. The van der Waals surface area contributed by atoms with Crippen molar-refractivity contribution in [3.05, 3.63) is 59.8 Å². The summed E-state index contributed by atoms with van der Waals surface area (Å²) in [6, 6.07) is 8.43. The van der Waals surface area contributed by atoms with Gasteiger partial charge < -0.3 is 9.47 Å². The number of methoxy groups -OCH3 is 1.